The van der Waals surface area contributed by atoms with Gasteiger partial charge in [-0.2, -0.15) is 5.10 Å². The molecule has 0 spiro atoms. The van der Waals surface area contributed by atoms with Gasteiger partial charge in [-0.15, -0.1) is 0 Å². The van der Waals surface area contributed by atoms with E-state index in [1.807, 2.05) is 4.52 Å². The second-order valence-corrected chi connectivity index (χ2v) is 7.57. The maximum atomic E-state index is 12.4. The second-order valence-electron chi connectivity index (χ2n) is 7.57. The molecule has 25 heavy (non-hydrogen) atoms. The summed E-state index contributed by atoms with van der Waals surface area (Å²) in [6.45, 7) is 2.01. The summed E-state index contributed by atoms with van der Waals surface area (Å²) in [4.78, 5) is 15.5. The lowest BCUT2D eigenvalue weighted by Crippen LogP contribution is -2.28. The Hall–Kier alpha value is -2.14. The van der Waals surface area contributed by atoms with Gasteiger partial charge in [0.05, 0.1) is 11.2 Å². The molecule has 1 aliphatic carbocycles. The van der Waals surface area contributed by atoms with Gasteiger partial charge < -0.3 is 10.3 Å². The molecule has 2 aliphatic rings. The zero-order valence-electron chi connectivity index (χ0n) is 14.4. The van der Waals surface area contributed by atoms with E-state index in [0.717, 1.165) is 48.2 Å². The number of aromatic amines is 1. The van der Waals surface area contributed by atoms with Gasteiger partial charge in [0.2, 0.25) is 0 Å². The van der Waals surface area contributed by atoms with Crippen molar-refractivity contribution in [2.75, 3.05) is 13.1 Å². The van der Waals surface area contributed by atoms with Crippen LogP contribution in [0.15, 0.2) is 29.1 Å². The molecular formula is C20H24N4O. The fraction of sp³-hybridized carbons (Fsp3) is 0.500. The second kappa shape index (κ2) is 5.99. The largest absolute Gasteiger partial charge is 0.317 e. The van der Waals surface area contributed by atoms with E-state index in [9.17, 15) is 4.79 Å². The maximum absolute atomic E-state index is 12.4. The van der Waals surface area contributed by atoms with Crippen LogP contribution in [-0.2, 0) is 0 Å². The van der Waals surface area contributed by atoms with Crippen molar-refractivity contribution in [1.29, 1.82) is 0 Å². The third-order valence-electron chi connectivity index (χ3n) is 6.05. The molecule has 1 aliphatic heterocycles. The molecular weight excluding hydrogens is 312 g/mol. The molecule has 3 heterocycles. The highest BCUT2D eigenvalue weighted by Gasteiger charge is 2.24. The van der Waals surface area contributed by atoms with E-state index in [1.165, 1.54) is 31.2 Å². The van der Waals surface area contributed by atoms with Gasteiger partial charge in [0.15, 0.2) is 0 Å². The summed E-state index contributed by atoms with van der Waals surface area (Å²) in [6, 6.07) is 8.18. The average molecular weight is 336 g/mol. The first kappa shape index (κ1) is 15.1. The lowest BCUT2D eigenvalue weighted by molar-refractivity contribution is 0.446. The lowest BCUT2D eigenvalue weighted by Gasteiger charge is -2.23. The van der Waals surface area contributed by atoms with Crippen LogP contribution in [0.3, 0.4) is 0 Å². The summed E-state index contributed by atoms with van der Waals surface area (Å²) in [5.41, 5.74) is 4.31. The normalized spacial score (nSPS) is 20.0. The molecule has 130 valence electrons. The molecule has 1 aromatic carbocycles. The molecule has 2 N–H and O–H groups in total. The first-order valence-corrected chi connectivity index (χ1v) is 9.56. The minimum Gasteiger partial charge on any atom is -0.317 e. The molecule has 1 saturated carbocycles. The Bertz CT molecular complexity index is 974. The van der Waals surface area contributed by atoms with Crippen molar-refractivity contribution in [2.24, 2.45) is 0 Å². The molecule has 0 bridgehead atoms. The highest BCUT2D eigenvalue weighted by molar-refractivity contribution is 5.95. The van der Waals surface area contributed by atoms with Crippen LogP contribution in [0.1, 0.15) is 61.6 Å². The summed E-state index contributed by atoms with van der Waals surface area (Å²) in [5.74, 6) is 0.998. The fourth-order valence-electron chi connectivity index (χ4n) is 4.80. The number of nitrogens with zero attached hydrogens (tertiary/aromatic N) is 2. The van der Waals surface area contributed by atoms with Gasteiger partial charge >= 0.3 is 0 Å². The molecule has 1 saturated heterocycles. The van der Waals surface area contributed by atoms with Crippen molar-refractivity contribution in [3.05, 3.63) is 45.9 Å². The Morgan fingerprint density at radius 2 is 1.84 bits per heavy atom. The van der Waals surface area contributed by atoms with E-state index >= 15 is 0 Å². The number of fused-ring (bicyclic) bond motifs is 3. The molecule has 5 heteroatoms. The van der Waals surface area contributed by atoms with E-state index in [-0.39, 0.29) is 5.56 Å². The standard InChI is InChI=1S/C20H24N4O/c25-18-12-17(14-8-10-21-11-9-14)24-20(22-18)19-15(13-4-1-2-5-13)6-3-7-16(19)23-24/h3,6-7,12-14,21H,1-2,4-5,8-11H2,(H,22,25). The van der Waals surface area contributed by atoms with E-state index in [1.54, 1.807) is 6.07 Å². The van der Waals surface area contributed by atoms with Crippen LogP contribution in [0.4, 0.5) is 0 Å². The van der Waals surface area contributed by atoms with E-state index < -0.39 is 0 Å². The van der Waals surface area contributed by atoms with Crippen molar-refractivity contribution in [3.63, 3.8) is 0 Å². The van der Waals surface area contributed by atoms with Crippen molar-refractivity contribution in [1.82, 2.24) is 19.9 Å². The number of piperidine rings is 1. The number of H-pyrrole nitrogens is 1. The van der Waals surface area contributed by atoms with Crippen LogP contribution in [-0.4, -0.2) is 27.7 Å². The Morgan fingerprint density at radius 3 is 2.64 bits per heavy atom. The predicted molar refractivity (Wildman–Crippen MR) is 99.4 cm³/mol. The van der Waals surface area contributed by atoms with Gasteiger partial charge in [-0.05, 0) is 56.3 Å². The van der Waals surface area contributed by atoms with Gasteiger partial charge in [0.1, 0.15) is 5.65 Å². The minimum atomic E-state index is -0.0101. The monoisotopic (exact) mass is 336 g/mol. The Balaban J connectivity index is 1.77. The molecule has 0 amide bonds. The van der Waals surface area contributed by atoms with Crippen LogP contribution >= 0.6 is 0 Å². The van der Waals surface area contributed by atoms with Crippen LogP contribution in [0.5, 0.6) is 0 Å². The zero-order valence-corrected chi connectivity index (χ0v) is 14.4. The highest BCUT2D eigenvalue weighted by atomic mass is 16.1. The molecule has 2 fully saturated rings. The zero-order chi connectivity index (χ0) is 16.8. The number of nitrogens with one attached hydrogen (secondary N) is 2. The topological polar surface area (TPSA) is 62.2 Å². The fourth-order valence-corrected chi connectivity index (χ4v) is 4.80. The van der Waals surface area contributed by atoms with Gasteiger partial charge in [-0.1, -0.05) is 25.0 Å². The summed E-state index contributed by atoms with van der Waals surface area (Å²) in [7, 11) is 0. The molecule has 0 atom stereocenters. The SMILES string of the molecule is O=c1cc(C2CCNCC2)n2nc3cccc(C4CCCC4)c3c2[nH]1. The lowest BCUT2D eigenvalue weighted by atomic mass is 9.93. The molecule has 2 aromatic heterocycles. The molecule has 0 radical (unpaired) electrons. The number of hydrogen-bond donors (Lipinski definition) is 2. The van der Waals surface area contributed by atoms with Crippen LogP contribution in [0.25, 0.3) is 16.6 Å². The smallest absolute Gasteiger partial charge is 0.251 e. The van der Waals surface area contributed by atoms with Crippen LogP contribution < -0.4 is 10.9 Å². The predicted octanol–water partition coefficient (Wildman–Crippen LogP) is 3.30. The van der Waals surface area contributed by atoms with Gasteiger partial charge in [0.25, 0.3) is 5.56 Å². The average Bonchev–Trinajstić information content (AvgIpc) is 3.29. The minimum absolute atomic E-state index is 0.0101. The third kappa shape index (κ3) is 2.49. The van der Waals surface area contributed by atoms with Crippen molar-refractivity contribution >= 4 is 16.6 Å². The van der Waals surface area contributed by atoms with Crippen molar-refractivity contribution < 1.29 is 0 Å². The van der Waals surface area contributed by atoms with E-state index in [0.29, 0.717) is 11.8 Å². The molecule has 5 rings (SSSR count). The van der Waals surface area contributed by atoms with E-state index in [2.05, 4.69) is 28.5 Å². The van der Waals surface area contributed by atoms with E-state index in [4.69, 9.17) is 5.10 Å². The van der Waals surface area contributed by atoms with Gasteiger partial charge in [-0.25, -0.2) is 4.52 Å². The number of aromatic nitrogens is 3. The van der Waals surface area contributed by atoms with Crippen molar-refractivity contribution in [3.8, 4) is 0 Å². The van der Waals surface area contributed by atoms with Gasteiger partial charge in [-0.3, -0.25) is 4.79 Å². The summed E-state index contributed by atoms with van der Waals surface area (Å²) >= 11 is 0. The summed E-state index contributed by atoms with van der Waals surface area (Å²) in [6.07, 6.45) is 7.21. The first-order chi connectivity index (χ1) is 12.3. The summed E-state index contributed by atoms with van der Waals surface area (Å²) in [5, 5.41) is 9.45. The first-order valence-electron chi connectivity index (χ1n) is 9.56. The number of benzene rings is 1. The number of hydrogen-bond acceptors (Lipinski definition) is 3. The third-order valence-corrected chi connectivity index (χ3v) is 6.05. The Kier molecular flexibility index (Phi) is 3.63. The van der Waals surface area contributed by atoms with Crippen LogP contribution in [0, 0.1) is 0 Å². The number of rotatable bonds is 2. The summed E-state index contributed by atoms with van der Waals surface area (Å²) < 4.78 is 2.01. The molecule has 0 unspecified atom stereocenters. The molecule has 5 nitrogen and oxygen atoms in total. The van der Waals surface area contributed by atoms with Gasteiger partial charge in [0, 0.05) is 17.4 Å². The Morgan fingerprint density at radius 1 is 1.04 bits per heavy atom. The Labute approximate surface area is 146 Å². The van der Waals surface area contributed by atoms with Crippen molar-refractivity contribution in [2.45, 2.75) is 50.4 Å². The quantitative estimate of drug-likeness (QED) is 0.755. The van der Waals surface area contributed by atoms with Crippen LogP contribution in [0.2, 0.25) is 0 Å². The molecule has 3 aromatic rings. The maximum Gasteiger partial charge on any atom is 0.251 e. The highest BCUT2D eigenvalue weighted by Crippen LogP contribution is 2.39.